The van der Waals surface area contributed by atoms with Crippen LogP contribution in [-0.4, -0.2) is 22.1 Å². The normalized spacial score (nSPS) is 11.3. The Bertz CT molecular complexity index is 832. The van der Waals surface area contributed by atoms with Gasteiger partial charge in [0.25, 0.3) is 0 Å². The SMILES string of the molecule is O=C(/C=C/c1cc(CO)cs1)NCCn1ccc2ccccc21. The van der Waals surface area contributed by atoms with Crippen molar-refractivity contribution in [3.05, 3.63) is 64.5 Å². The van der Waals surface area contributed by atoms with Gasteiger partial charge < -0.3 is 15.0 Å². The molecule has 0 aliphatic rings. The first kappa shape index (κ1) is 15.5. The molecule has 23 heavy (non-hydrogen) atoms. The van der Waals surface area contributed by atoms with Gasteiger partial charge in [0.1, 0.15) is 0 Å². The van der Waals surface area contributed by atoms with E-state index >= 15 is 0 Å². The van der Waals surface area contributed by atoms with E-state index in [4.69, 9.17) is 5.11 Å². The van der Waals surface area contributed by atoms with Gasteiger partial charge in [-0.15, -0.1) is 11.3 Å². The highest BCUT2D eigenvalue weighted by molar-refractivity contribution is 7.11. The van der Waals surface area contributed by atoms with Crippen LogP contribution in [0.5, 0.6) is 0 Å². The van der Waals surface area contributed by atoms with E-state index in [0.29, 0.717) is 6.54 Å². The topological polar surface area (TPSA) is 54.3 Å². The Labute approximate surface area is 138 Å². The van der Waals surface area contributed by atoms with Crippen LogP contribution in [0.3, 0.4) is 0 Å². The molecular formula is C18H18N2O2S. The number of nitrogens with one attached hydrogen (secondary N) is 1. The van der Waals surface area contributed by atoms with Crippen molar-refractivity contribution in [2.75, 3.05) is 6.54 Å². The summed E-state index contributed by atoms with van der Waals surface area (Å²) in [5.41, 5.74) is 2.04. The molecule has 0 saturated heterocycles. The van der Waals surface area contributed by atoms with Crippen LogP contribution in [-0.2, 0) is 17.9 Å². The molecule has 0 aliphatic carbocycles. The Kier molecular flexibility index (Phi) is 4.90. The number of hydrogen-bond acceptors (Lipinski definition) is 3. The molecule has 0 bridgehead atoms. The summed E-state index contributed by atoms with van der Waals surface area (Å²) in [6.45, 7) is 1.34. The average molecular weight is 326 g/mol. The number of thiophene rings is 1. The van der Waals surface area contributed by atoms with E-state index in [0.717, 1.165) is 17.0 Å². The molecule has 4 nitrogen and oxygen atoms in total. The van der Waals surface area contributed by atoms with Gasteiger partial charge in [0.2, 0.25) is 5.91 Å². The lowest BCUT2D eigenvalue weighted by atomic mass is 10.2. The van der Waals surface area contributed by atoms with Crippen LogP contribution >= 0.6 is 11.3 Å². The number of nitrogens with zero attached hydrogens (tertiary/aromatic N) is 1. The number of carbonyl (C=O) groups excluding carboxylic acids is 1. The van der Waals surface area contributed by atoms with Gasteiger partial charge in [0, 0.05) is 35.8 Å². The second-order valence-corrected chi connectivity index (χ2v) is 6.15. The minimum atomic E-state index is -0.111. The Morgan fingerprint density at radius 3 is 3.00 bits per heavy atom. The molecule has 2 heterocycles. The number of rotatable bonds is 6. The van der Waals surface area contributed by atoms with Crippen LogP contribution in [0.2, 0.25) is 0 Å². The summed E-state index contributed by atoms with van der Waals surface area (Å²) in [7, 11) is 0. The number of hydrogen-bond donors (Lipinski definition) is 2. The summed E-state index contributed by atoms with van der Waals surface area (Å²) < 4.78 is 2.13. The molecule has 2 N–H and O–H groups in total. The third kappa shape index (κ3) is 3.88. The average Bonchev–Trinajstić information content (AvgIpc) is 3.20. The molecule has 0 unspecified atom stereocenters. The maximum Gasteiger partial charge on any atom is 0.244 e. The maximum atomic E-state index is 11.8. The fourth-order valence-corrected chi connectivity index (χ4v) is 3.21. The van der Waals surface area contributed by atoms with Gasteiger partial charge in [-0.05, 0) is 40.6 Å². The quantitative estimate of drug-likeness (QED) is 0.684. The van der Waals surface area contributed by atoms with Gasteiger partial charge in [0.05, 0.1) is 6.61 Å². The van der Waals surface area contributed by atoms with Crippen LogP contribution in [0.25, 0.3) is 17.0 Å². The molecule has 0 atom stereocenters. The number of aromatic nitrogens is 1. The zero-order valence-electron chi connectivity index (χ0n) is 12.6. The van der Waals surface area contributed by atoms with Gasteiger partial charge in [-0.25, -0.2) is 0 Å². The number of fused-ring (bicyclic) bond motifs is 1. The van der Waals surface area contributed by atoms with Gasteiger partial charge in [-0.3, -0.25) is 4.79 Å². The summed E-state index contributed by atoms with van der Waals surface area (Å²) in [5.74, 6) is -0.111. The molecule has 0 fully saturated rings. The zero-order chi connectivity index (χ0) is 16.1. The van der Waals surface area contributed by atoms with E-state index in [2.05, 4.69) is 28.1 Å². The summed E-state index contributed by atoms with van der Waals surface area (Å²) in [4.78, 5) is 12.8. The highest BCUT2D eigenvalue weighted by Crippen LogP contribution is 2.16. The van der Waals surface area contributed by atoms with Gasteiger partial charge in [0.15, 0.2) is 0 Å². The van der Waals surface area contributed by atoms with Crippen LogP contribution in [0.15, 0.2) is 54.1 Å². The Hall–Kier alpha value is -2.37. The number of carbonyl (C=O) groups is 1. The van der Waals surface area contributed by atoms with Crippen LogP contribution in [0, 0.1) is 0 Å². The van der Waals surface area contributed by atoms with Crippen molar-refractivity contribution in [3.63, 3.8) is 0 Å². The predicted molar refractivity (Wildman–Crippen MR) is 94.2 cm³/mol. The largest absolute Gasteiger partial charge is 0.392 e. The second kappa shape index (κ2) is 7.26. The molecule has 1 amide bonds. The van der Waals surface area contributed by atoms with Gasteiger partial charge >= 0.3 is 0 Å². The van der Waals surface area contributed by atoms with E-state index in [1.54, 1.807) is 6.08 Å². The van der Waals surface area contributed by atoms with E-state index in [1.165, 1.54) is 28.3 Å². The van der Waals surface area contributed by atoms with Crippen molar-refractivity contribution in [1.29, 1.82) is 0 Å². The van der Waals surface area contributed by atoms with Crippen molar-refractivity contribution in [2.45, 2.75) is 13.2 Å². The van der Waals surface area contributed by atoms with Crippen molar-refractivity contribution in [1.82, 2.24) is 9.88 Å². The van der Waals surface area contributed by atoms with E-state index < -0.39 is 0 Å². The predicted octanol–water partition coefficient (Wildman–Crippen LogP) is 3.02. The molecule has 3 aromatic rings. The lowest BCUT2D eigenvalue weighted by Crippen LogP contribution is -2.25. The van der Waals surface area contributed by atoms with E-state index in [-0.39, 0.29) is 12.5 Å². The molecule has 0 saturated carbocycles. The maximum absolute atomic E-state index is 11.8. The lowest BCUT2D eigenvalue weighted by molar-refractivity contribution is -0.116. The van der Waals surface area contributed by atoms with Crippen LogP contribution < -0.4 is 5.32 Å². The fourth-order valence-electron chi connectivity index (χ4n) is 2.42. The fraction of sp³-hybridized carbons (Fsp3) is 0.167. The van der Waals surface area contributed by atoms with Crippen molar-refractivity contribution in [2.24, 2.45) is 0 Å². The van der Waals surface area contributed by atoms with Gasteiger partial charge in [-0.1, -0.05) is 18.2 Å². The summed E-state index contributed by atoms with van der Waals surface area (Å²) in [6.07, 6.45) is 5.33. The molecule has 5 heteroatoms. The molecular weight excluding hydrogens is 308 g/mol. The second-order valence-electron chi connectivity index (χ2n) is 5.21. The molecule has 0 radical (unpaired) electrons. The third-order valence-corrected chi connectivity index (χ3v) is 4.53. The monoisotopic (exact) mass is 326 g/mol. The highest BCUT2D eigenvalue weighted by Gasteiger charge is 2.01. The standard InChI is InChI=1S/C18H18N2O2S/c21-12-14-11-16(23-13-14)5-6-18(22)19-8-10-20-9-7-15-3-1-2-4-17(15)20/h1-7,9,11,13,21H,8,10,12H2,(H,19,22)/b6-5+. The van der Waals surface area contributed by atoms with Crippen LogP contribution in [0.4, 0.5) is 0 Å². The number of amides is 1. The number of benzene rings is 1. The highest BCUT2D eigenvalue weighted by atomic mass is 32.1. The molecule has 0 spiro atoms. The van der Waals surface area contributed by atoms with Crippen molar-refractivity contribution in [3.8, 4) is 0 Å². The number of aliphatic hydroxyl groups is 1. The molecule has 0 aliphatic heterocycles. The summed E-state index contributed by atoms with van der Waals surface area (Å²) >= 11 is 1.51. The molecule has 2 aromatic heterocycles. The number of aliphatic hydroxyl groups excluding tert-OH is 1. The molecule has 118 valence electrons. The number of para-hydroxylation sites is 1. The first-order valence-corrected chi connectivity index (χ1v) is 8.32. The minimum Gasteiger partial charge on any atom is -0.392 e. The Morgan fingerprint density at radius 2 is 2.17 bits per heavy atom. The Morgan fingerprint density at radius 1 is 1.30 bits per heavy atom. The summed E-state index contributed by atoms with van der Waals surface area (Å²) in [5, 5.41) is 15.0. The first-order valence-electron chi connectivity index (χ1n) is 7.44. The first-order chi connectivity index (χ1) is 11.3. The molecule has 1 aromatic carbocycles. The van der Waals surface area contributed by atoms with Crippen LogP contribution in [0.1, 0.15) is 10.4 Å². The van der Waals surface area contributed by atoms with Crippen molar-refractivity contribution >= 4 is 34.2 Å². The van der Waals surface area contributed by atoms with E-state index in [9.17, 15) is 4.79 Å². The smallest absolute Gasteiger partial charge is 0.244 e. The Balaban J connectivity index is 1.51. The minimum absolute atomic E-state index is 0.0291. The molecule has 3 rings (SSSR count). The van der Waals surface area contributed by atoms with Crippen molar-refractivity contribution < 1.29 is 9.90 Å². The lowest BCUT2D eigenvalue weighted by Gasteiger charge is -2.06. The van der Waals surface area contributed by atoms with E-state index in [1.807, 2.05) is 29.8 Å². The van der Waals surface area contributed by atoms with Gasteiger partial charge in [-0.2, -0.15) is 0 Å². The zero-order valence-corrected chi connectivity index (χ0v) is 13.4. The summed E-state index contributed by atoms with van der Waals surface area (Å²) in [6, 6.07) is 12.1. The third-order valence-electron chi connectivity index (χ3n) is 3.59.